The molecule has 0 saturated carbocycles. The Morgan fingerprint density at radius 2 is 2.28 bits per heavy atom. The number of hydrogen-bond donors (Lipinski definition) is 1. The summed E-state index contributed by atoms with van der Waals surface area (Å²) in [5.74, 6) is -0.0328. The number of ether oxygens (including phenoxy) is 1. The van der Waals surface area contributed by atoms with Crippen LogP contribution in [-0.4, -0.2) is 49.3 Å². The van der Waals surface area contributed by atoms with Crippen molar-refractivity contribution in [3.8, 4) is 5.95 Å². The van der Waals surface area contributed by atoms with Gasteiger partial charge in [-0.2, -0.15) is 0 Å². The van der Waals surface area contributed by atoms with Gasteiger partial charge in [0.15, 0.2) is 5.69 Å². The normalized spacial score (nSPS) is 14.3. The van der Waals surface area contributed by atoms with Gasteiger partial charge >= 0.3 is 5.95 Å². The third-order valence-corrected chi connectivity index (χ3v) is 3.39. The van der Waals surface area contributed by atoms with Gasteiger partial charge in [-0.15, -0.1) is 0 Å². The first kappa shape index (κ1) is 14.5. The van der Waals surface area contributed by atoms with E-state index in [2.05, 4.69) is 29.2 Å². The van der Waals surface area contributed by atoms with Crippen molar-refractivity contribution in [3.63, 3.8) is 0 Å². The predicted molar refractivity (Wildman–Crippen MR) is 67.8 cm³/mol. The fourth-order valence-electron chi connectivity index (χ4n) is 1.42. The van der Waals surface area contributed by atoms with Crippen LogP contribution in [-0.2, 0) is 0 Å². The highest BCUT2D eigenvalue weighted by atomic mass is 16.6. The summed E-state index contributed by atoms with van der Waals surface area (Å²) in [6, 6.07) is 1.47. The van der Waals surface area contributed by atoms with E-state index in [1.165, 1.54) is 13.2 Å². The van der Waals surface area contributed by atoms with Gasteiger partial charge in [0, 0.05) is 12.1 Å². The molecule has 0 spiro atoms. The fourth-order valence-corrected chi connectivity index (χ4v) is 1.42. The van der Waals surface area contributed by atoms with E-state index in [4.69, 9.17) is 9.26 Å². The molecule has 1 aromatic heterocycles. The van der Waals surface area contributed by atoms with Gasteiger partial charge in [0.25, 0.3) is 5.91 Å². The zero-order valence-corrected chi connectivity index (χ0v) is 11.6. The van der Waals surface area contributed by atoms with Crippen LogP contribution in [0.25, 0.3) is 0 Å². The van der Waals surface area contributed by atoms with Crippen LogP contribution in [0.3, 0.4) is 0 Å². The fraction of sp³-hybridized carbons (Fsp3) is 0.667. The molecular weight excluding hydrogens is 234 g/mol. The molecule has 1 aromatic rings. The molecule has 1 rings (SSSR count). The Morgan fingerprint density at radius 3 is 2.72 bits per heavy atom. The van der Waals surface area contributed by atoms with Crippen molar-refractivity contribution in [3.05, 3.63) is 11.8 Å². The van der Waals surface area contributed by atoms with Gasteiger partial charge in [-0.1, -0.05) is 12.1 Å². The number of nitrogens with zero attached hydrogens (tertiary/aromatic N) is 2. The second-order valence-corrected chi connectivity index (χ2v) is 4.66. The predicted octanol–water partition coefficient (Wildman–Crippen LogP) is 1.14. The minimum atomic E-state index is -0.261. The Hall–Kier alpha value is -1.56. The van der Waals surface area contributed by atoms with Gasteiger partial charge in [0.05, 0.1) is 13.2 Å². The van der Waals surface area contributed by atoms with Crippen LogP contribution in [0.5, 0.6) is 5.95 Å². The number of amides is 1. The highest BCUT2D eigenvalue weighted by molar-refractivity contribution is 5.92. The molecule has 6 heteroatoms. The summed E-state index contributed by atoms with van der Waals surface area (Å²) in [5, 5.41) is 6.48. The molecule has 6 nitrogen and oxygen atoms in total. The highest BCUT2D eigenvalue weighted by Gasteiger charge is 2.26. The van der Waals surface area contributed by atoms with E-state index in [-0.39, 0.29) is 23.1 Å². The molecule has 1 unspecified atom stereocenters. The summed E-state index contributed by atoms with van der Waals surface area (Å²) in [7, 11) is 5.45. The maximum Gasteiger partial charge on any atom is 0.311 e. The minimum absolute atomic E-state index is 0.0799. The summed E-state index contributed by atoms with van der Waals surface area (Å²) in [6.07, 6.45) is 0.933. The Bertz CT molecular complexity index is 403. The smallest absolute Gasteiger partial charge is 0.311 e. The number of carbonyl (C=O) groups is 1. The van der Waals surface area contributed by atoms with Crippen LogP contribution in [0.4, 0.5) is 0 Å². The SMILES string of the molecule is CCC(C)(CNC(=O)c1cc(OC)on1)N(C)C. The van der Waals surface area contributed by atoms with Crippen molar-refractivity contribution in [1.82, 2.24) is 15.4 Å². The maximum absolute atomic E-state index is 11.9. The average molecular weight is 255 g/mol. The molecule has 0 aromatic carbocycles. The van der Waals surface area contributed by atoms with E-state index in [0.29, 0.717) is 6.54 Å². The number of rotatable bonds is 6. The molecule has 0 radical (unpaired) electrons. The molecule has 1 heterocycles. The van der Waals surface area contributed by atoms with Crippen molar-refractivity contribution in [1.29, 1.82) is 0 Å². The summed E-state index contributed by atoms with van der Waals surface area (Å²) >= 11 is 0. The van der Waals surface area contributed by atoms with Gasteiger partial charge in [-0.25, -0.2) is 0 Å². The molecule has 0 saturated heterocycles. The standard InChI is InChI=1S/C12H21N3O3/c1-6-12(2,15(3)4)8-13-11(16)9-7-10(17-5)18-14-9/h7H,6,8H2,1-5H3,(H,13,16). The van der Waals surface area contributed by atoms with Gasteiger partial charge in [0.2, 0.25) is 0 Å². The van der Waals surface area contributed by atoms with Gasteiger partial charge in [-0.05, 0) is 27.4 Å². The van der Waals surface area contributed by atoms with Crippen molar-refractivity contribution in [2.24, 2.45) is 0 Å². The molecule has 0 fully saturated rings. The van der Waals surface area contributed by atoms with Crippen LogP contribution in [0, 0.1) is 0 Å². The zero-order chi connectivity index (χ0) is 13.8. The topological polar surface area (TPSA) is 67.6 Å². The van der Waals surface area contributed by atoms with E-state index in [1.807, 2.05) is 14.1 Å². The van der Waals surface area contributed by atoms with Crippen molar-refractivity contribution in [2.45, 2.75) is 25.8 Å². The third-order valence-electron chi connectivity index (χ3n) is 3.39. The van der Waals surface area contributed by atoms with Crippen molar-refractivity contribution < 1.29 is 14.1 Å². The second-order valence-electron chi connectivity index (χ2n) is 4.66. The van der Waals surface area contributed by atoms with Crippen LogP contribution in [0.15, 0.2) is 10.6 Å². The average Bonchev–Trinajstić information content (AvgIpc) is 2.84. The van der Waals surface area contributed by atoms with E-state index >= 15 is 0 Å². The first-order valence-electron chi connectivity index (χ1n) is 5.89. The molecule has 1 amide bonds. The largest absolute Gasteiger partial charge is 0.467 e. The van der Waals surface area contributed by atoms with Gasteiger partial charge in [-0.3, -0.25) is 4.79 Å². The zero-order valence-electron chi connectivity index (χ0n) is 11.6. The Morgan fingerprint density at radius 1 is 1.61 bits per heavy atom. The van der Waals surface area contributed by atoms with E-state index in [1.54, 1.807) is 0 Å². The lowest BCUT2D eigenvalue weighted by Crippen LogP contribution is -2.50. The van der Waals surface area contributed by atoms with Crippen molar-refractivity contribution in [2.75, 3.05) is 27.7 Å². The third kappa shape index (κ3) is 3.22. The Balaban J connectivity index is 2.60. The highest BCUT2D eigenvalue weighted by Crippen LogP contribution is 2.15. The van der Waals surface area contributed by atoms with Crippen LogP contribution in [0.2, 0.25) is 0 Å². The first-order valence-corrected chi connectivity index (χ1v) is 5.89. The molecule has 102 valence electrons. The number of aromatic nitrogens is 1. The summed E-state index contributed by atoms with van der Waals surface area (Å²) in [5.41, 5.74) is 0.146. The monoisotopic (exact) mass is 255 g/mol. The molecule has 1 atom stereocenters. The minimum Gasteiger partial charge on any atom is -0.467 e. The quantitative estimate of drug-likeness (QED) is 0.825. The molecule has 1 N–H and O–H groups in total. The lowest BCUT2D eigenvalue weighted by atomic mass is 9.97. The lowest BCUT2D eigenvalue weighted by Gasteiger charge is -2.35. The maximum atomic E-state index is 11.9. The number of likely N-dealkylation sites (N-methyl/N-ethyl adjacent to an activating group) is 1. The summed E-state index contributed by atoms with van der Waals surface area (Å²) < 4.78 is 9.63. The second kappa shape index (κ2) is 5.86. The van der Waals surface area contributed by atoms with Gasteiger partial charge in [0.1, 0.15) is 0 Å². The summed E-state index contributed by atoms with van der Waals surface area (Å²) in [4.78, 5) is 13.9. The number of nitrogens with one attached hydrogen (secondary N) is 1. The van der Waals surface area contributed by atoms with E-state index < -0.39 is 0 Å². The number of hydrogen-bond acceptors (Lipinski definition) is 5. The van der Waals surface area contributed by atoms with Crippen LogP contribution >= 0.6 is 0 Å². The molecular formula is C12H21N3O3. The van der Waals surface area contributed by atoms with E-state index in [0.717, 1.165) is 6.42 Å². The Kier molecular flexibility index (Phi) is 4.72. The van der Waals surface area contributed by atoms with Crippen molar-refractivity contribution >= 4 is 5.91 Å². The number of methoxy groups -OCH3 is 1. The van der Waals surface area contributed by atoms with Gasteiger partial charge < -0.3 is 19.5 Å². The molecule has 0 aliphatic carbocycles. The number of carbonyl (C=O) groups excluding carboxylic acids is 1. The van der Waals surface area contributed by atoms with Crippen LogP contribution < -0.4 is 10.1 Å². The molecule has 0 aliphatic rings. The summed E-state index contributed by atoms with van der Waals surface area (Å²) in [6.45, 7) is 4.73. The lowest BCUT2D eigenvalue weighted by molar-refractivity contribution is 0.0897. The van der Waals surface area contributed by atoms with Crippen LogP contribution in [0.1, 0.15) is 30.8 Å². The molecule has 0 aliphatic heterocycles. The molecule has 18 heavy (non-hydrogen) atoms. The first-order chi connectivity index (χ1) is 8.42. The Labute approximate surface area is 107 Å². The molecule has 0 bridgehead atoms. The van der Waals surface area contributed by atoms with E-state index in [9.17, 15) is 4.79 Å².